The lowest BCUT2D eigenvalue weighted by Crippen LogP contribution is -2.41. The lowest BCUT2D eigenvalue weighted by molar-refractivity contribution is -0.130. The van der Waals surface area contributed by atoms with Crippen molar-refractivity contribution < 1.29 is 23.6 Å². The number of nitrogens with one attached hydrogen (secondary N) is 2. The molecule has 8 heteroatoms. The van der Waals surface area contributed by atoms with E-state index in [1.165, 1.54) is 30.2 Å². The van der Waals surface area contributed by atoms with Crippen LogP contribution >= 0.6 is 0 Å². The molecule has 1 saturated heterocycles. The number of hydrogen-bond acceptors (Lipinski definition) is 4. The van der Waals surface area contributed by atoms with E-state index in [4.69, 9.17) is 0 Å². The molecule has 0 spiro atoms. The molecule has 0 aromatic heterocycles. The second-order valence-electron chi connectivity index (χ2n) is 8.75. The summed E-state index contributed by atoms with van der Waals surface area (Å²) in [6.07, 6.45) is 3.30. The van der Waals surface area contributed by atoms with Gasteiger partial charge in [0.05, 0.1) is 6.54 Å². The highest BCUT2D eigenvalue weighted by molar-refractivity contribution is 6.11. The van der Waals surface area contributed by atoms with Crippen LogP contribution in [0.25, 0.3) is 0 Å². The first-order valence-corrected chi connectivity index (χ1v) is 11.0. The summed E-state index contributed by atoms with van der Waals surface area (Å²) in [5.74, 6) is -1.83. The van der Waals surface area contributed by atoms with E-state index in [9.17, 15) is 23.6 Å². The number of ketones is 1. The van der Waals surface area contributed by atoms with Crippen LogP contribution in [0, 0.1) is 5.82 Å². The summed E-state index contributed by atoms with van der Waals surface area (Å²) in [4.78, 5) is 50.4. The third-order valence-electron chi connectivity index (χ3n) is 6.40. The summed E-state index contributed by atoms with van der Waals surface area (Å²) < 4.78 is 14.4. The summed E-state index contributed by atoms with van der Waals surface area (Å²) in [5.41, 5.74) is 2.30. The number of imide groups is 1. The number of Topliss-reactive ketones (excluding diaryl/α,β-unsaturated/α-hetero) is 1. The molecule has 33 heavy (non-hydrogen) atoms. The molecule has 4 rings (SSSR count). The van der Waals surface area contributed by atoms with Gasteiger partial charge in [-0.2, -0.15) is 0 Å². The Morgan fingerprint density at radius 2 is 1.88 bits per heavy atom. The van der Waals surface area contributed by atoms with Gasteiger partial charge in [0.25, 0.3) is 5.91 Å². The topological polar surface area (TPSA) is 95.6 Å². The van der Waals surface area contributed by atoms with Crippen LogP contribution in [0.1, 0.15) is 52.9 Å². The number of fused-ring (bicyclic) bond motifs is 1. The molecule has 1 heterocycles. The molecular weight excluding hydrogens is 425 g/mol. The molecule has 1 unspecified atom stereocenters. The molecule has 2 aromatic rings. The van der Waals surface area contributed by atoms with Crippen molar-refractivity contribution in [2.24, 2.45) is 0 Å². The van der Waals surface area contributed by atoms with Crippen molar-refractivity contribution in [1.82, 2.24) is 15.5 Å². The molecule has 2 aromatic carbocycles. The van der Waals surface area contributed by atoms with E-state index in [0.29, 0.717) is 11.1 Å². The average molecular weight is 451 g/mol. The van der Waals surface area contributed by atoms with E-state index in [1.807, 2.05) is 18.2 Å². The molecule has 1 aliphatic heterocycles. The third-order valence-corrected chi connectivity index (χ3v) is 6.40. The van der Waals surface area contributed by atoms with Gasteiger partial charge < -0.3 is 10.6 Å². The van der Waals surface area contributed by atoms with Crippen LogP contribution in [-0.2, 0) is 34.4 Å². The van der Waals surface area contributed by atoms with E-state index in [1.54, 1.807) is 6.92 Å². The Hall–Kier alpha value is -3.55. The van der Waals surface area contributed by atoms with Crippen LogP contribution in [0.2, 0.25) is 0 Å². The van der Waals surface area contributed by atoms with Crippen LogP contribution in [0.4, 0.5) is 9.18 Å². The molecule has 0 bridgehead atoms. The standard InChI is InChI=1S/C25H26FN3O4/c1-15(30)27-11-10-17-6-7-19(13-21(17)26)22(31)14-29-23(32)25(2,28-24(29)33)20-9-8-16-4-3-5-18(16)12-20/h6-9,12-13H,3-5,10-11,14H2,1-2H3,(H,27,30)(H,28,33). The van der Waals surface area contributed by atoms with Gasteiger partial charge in [0.2, 0.25) is 5.91 Å². The van der Waals surface area contributed by atoms with E-state index < -0.39 is 35.6 Å². The van der Waals surface area contributed by atoms with Gasteiger partial charge in [0, 0.05) is 19.0 Å². The van der Waals surface area contributed by atoms with Gasteiger partial charge >= 0.3 is 6.03 Å². The highest BCUT2D eigenvalue weighted by atomic mass is 19.1. The van der Waals surface area contributed by atoms with Gasteiger partial charge in [0.1, 0.15) is 11.4 Å². The highest BCUT2D eigenvalue weighted by Crippen LogP contribution is 2.32. The third kappa shape index (κ3) is 4.37. The maximum Gasteiger partial charge on any atom is 0.325 e. The van der Waals surface area contributed by atoms with Crippen molar-refractivity contribution in [3.05, 3.63) is 70.0 Å². The predicted octanol–water partition coefficient (Wildman–Crippen LogP) is 2.64. The first-order valence-electron chi connectivity index (χ1n) is 11.0. The lowest BCUT2D eigenvalue weighted by atomic mass is 9.89. The SMILES string of the molecule is CC(=O)NCCc1ccc(C(=O)CN2C(=O)NC(C)(c3ccc4c(c3)CCC4)C2=O)cc1F. The van der Waals surface area contributed by atoms with Crippen molar-refractivity contribution in [1.29, 1.82) is 0 Å². The van der Waals surface area contributed by atoms with Gasteiger partial charge in [-0.25, -0.2) is 9.18 Å². The Labute approximate surface area is 191 Å². The van der Waals surface area contributed by atoms with Gasteiger partial charge in [-0.05, 0) is 60.9 Å². The van der Waals surface area contributed by atoms with Crippen molar-refractivity contribution in [2.45, 2.75) is 45.1 Å². The molecule has 0 radical (unpaired) electrons. The fourth-order valence-corrected chi connectivity index (χ4v) is 4.45. The Balaban J connectivity index is 1.47. The summed E-state index contributed by atoms with van der Waals surface area (Å²) >= 11 is 0. The zero-order valence-corrected chi connectivity index (χ0v) is 18.7. The smallest absolute Gasteiger partial charge is 0.325 e. The van der Waals surface area contributed by atoms with Crippen molar-refractivity contribution >= 4 is 23.6 Å². The quantitative estimate of drug-likeness (QED) is 0.500. The number of hydrogen-bond donors (Lipinski definition) is 2. The van der Waals surface area contributed by atoms with Crippen LogP contribution in [0.15, 0.2) is 36.4 Å². The van der Waals surface area contributed by atoms with E-state index >= 15 is 0 Å². The number of nitrogens with zero attached hydrogens (tertiary/aromatic N) is 1. The minimum atomic E-state index is -1.26. The molecule has 1 atom stereocenters. The van der Waals surface area contributed by atoms with E-state index in [0.717, 1.165) is 30.2 Å². The molecule has 4 amide bonds. The van der Waals surface area contributed by atoms with Crippen LogP contribution < -0.4 is 10.6 Å². The minimum absolute atomic E-state index is 0.0718. The Morgan fingerprint density at radius 3 is 2.61 bits per heavy atom. The summed E-state index contributed by atoms with van der Waals surface area (Å²) in [6.45, 7) is 2.82. The molecule has 1 fully saturated rings. The Bertz CT molecular complexity index is 1160. The van der Waals surface area contributed by atoms with E-state index in [-0.39, 0.29) is 24.4 Å². The fraction of sp³-hybridized carbons (Fsp3) is 0.360. The predicted molar refractivity (Wildman–Crippen MR) is 119 cm³/mol. The average Bonchev–Trinajstić information content (AvgIpc) is 3.32. The molecule has 172 valence electrons. The number of halogens is 1. The largest absolute Gasteiger partial charge is 0.356 e. The minimum Gasteiger partial charge on any atom is -0.356 e. The van der Waals surface area contributed by atoms with Crippen LogP contribution in [0.3, 0.4) is 0 Å². The molecule has 2 N–H and O–H groups in total. The lowest BCUT2D eigenvalue weighted by Gasteiger charge is -2.23. The second-order valence-corrected chi connectivity index (χ2v) is 8.75. The second kappa shape index (κ2) is 8.77. The Kier molecular flexibility index (Phi) is 6.01. The Morgan fingerprint density at radius 1 is 1.12 bits per heavy atom. The number of carbonyl (C=O) groups is 4. The van der Waals surface area contributed by atoms with Crippen LogP contribution in [-0.4, -0.2) is 41.6 Å². The molecular formula is C25H26FN3O4. The zero-order chi connectivity index (χ0) is 23.8. The first kappa shape index (κ1) is 22.6. The molecule has 1 aliphatic carbocycles. The zero-order valence-electron chi connectivity index (χ0n) is 18.7. The van der Waals surface area contributed by atoms with Crippen molar-refractivity contribution in [3.63, 3.8) is 0 Å². The van der Waals surface area contributed by atoms with Gasteiger partial charge in [-0.15, -0.1) is 0 Å². The van der Waals surface area contributed by atoms with Gasteiger partial charge in [-0.1, -0.05) is 30.3 Å². The molecule has 2 aliphatic rings. The summed E-state index contributed by atoms with van der Waals surface area (Å²) in [5, 5.41) is 5.31. The summed E-state index contributed by atoms with van der Waals surface area (Å²) in [6, 6.07) is 9.20. The maximum atomic E-state index is 14.4. The monoisotopic (exact) mass is 451 g/mol. The number of amides is 4. The van der Waals surface area contributed by atoms with Gasteiger partial charge in [0.15, 0.2) is 5.78 Å². The number of carbonyl (C=O) groups excluding carboxylic acids is 4. The number of rotatable bonds is 7. The van der Waals surface area contributed by atoms with Crippen LogP contribution in [0.5, 0.6) is 0 Å². The van der Waals surface area contributed by atoms with Crippen molar-refractivity contribution in [2.75, 3.05) is 13.1 Å². The maximum absolute atomic E-state index is 14.4. The van der Waals surface area contributed by atoms with E-state index in [2.05, 4.69) is 10.6 Å². The number of aryl methyl sites for hydroxylation is 2. The summed E-state index contributed by atoms with van der Waals surface area (Å²) in [7, 11) is 0. The molecule has 7 nitrogen and oxygen atoms in total. The van der Waals surface area contributed by atoms with Gasteiger partial charge in [-0.3, -0.25) is 19.3 Å². The normalized spacial score (nSPS) is 19.4. The number of urea groups is 1. The number of benzene rings is 2. The fourth-order valence-electron chi connectivity index (χ4n) is 4.45. The molecule has 0 saturated carbocycles. The highest BCUT2D eigenvalue weighted by Gasteiger charge is 2.49. The van der Waals surface area contributed by atoms with Crippen molar-refractivity contribution in [3.8, 4) is 0 Å². The first-order chi connectivity index (χ1) is 15.7.